The Labute approximate surface area is 209 Å². The van der Waals surface area contributed by atoms with Crippen LogP contribution in [0.15, 0.2) is 59.6 Å². The molecule has 0 radical (unpaired) electrons. The van der Waals surface area contributed by atoms with Crippen LogP contribution in [-0.2, 0) is 15.6 Å². The van der Waals surface area contributed by atoms with Gasteiger partial charge in [0.2, 0.25) is 0 Å². The molecule has 1 fully saturated rings. The third kappa shape index (κ3) is 8.27. The van der Waals surface area contributed by atoms with E-state index in [1.165, 1.54) is 24.1 Å². The first-order valence-electron chi connectivity index (χ1n) is 11.0. The second kappa shape index (κ2) is 13.0. The van der Waals surface area contributed by atoms with Crippen molar-refractivity contribution in [2.75, 3.05) is 37.3 Å². The fraction of sp³-hybridized carbons (Fsp3) is 0.458. The number of nitrogens with zero attached hydrogens (tertiary/aromatic N) is 2. The summed E-state index contributed by atoms with van der Waals surface area (Å²) in [5.74, 6) is 0.921. The van der Waals surface area contributed by atoms with Gasteiger partial charge in [-0.25, -0.2) is 8.42 Å². The SMILES string of the molecule is CN=C(NCCCS(=O)(=O)Cc1ccccc1)NC(C)c1cccc(N2CCCC2)c1.I. The number of rotatable bonds is 9. The van der Waals surface area contributed by atoms with Gasteiger partial charge in [-0.2, -0.15) is 0 Å². The number of aliphatic imine (C=N–C) groups is 1. The lowest BCUT2D eigenvalue weighted by Gasteiger charge is -2.22. The fourth-order valence-electron chi connectivity index (χ4n) is 3.85. The lowest BCUT2D eigenvalue weighted by atomic mass is 10.1. The molecule has 1 aliphatic rings. The Morgan fingerprint density at radius 1 is 1.09 bits per heavy atom. The Hall–Kier alpha value is -1.81. The zero-order valence-corrected chi connectivity index (χ0v) is 22.1. The first-order chi connectivity index (χ1) is 15.0. The van der Waals surface area contributed by atoms with Crippen LogP contribution >= 0.6 is 24.0 Å². The predicted molar refractivity (Wildman–Crippen MR) is 145 cm³/mol. The molecule has 2 aromatic rings. The summed E-state index contributed by atoms with van der Waals surface area (Å²) in [4.78, 5) is 6.72. The van der Waals surface area contributed by atoms with E-state index < -0.39 is 9.84 Å². The number of halogens is 1. The molecule has 32 heavy (non-hydrogen) atoms. The Kier molecular flexibility index (Phi) is 10.8. The van der Waals surface area contributed by atoms with E-state index in [-0.39, 0.29) is 41.5 Å². The number of sulfone groups is 1. The number of nitrogens with one attached hydrogen (secondary N) is 2. The van der Waals surface area contributed by atoms with Gasteiger partial charge in [0.05, 0.1) is 17.5 Å². The molecule has 1 atom stereocenters. The smallest absolute Gasteiger partial charge is 0.191 e. The first-order valence-corrected chi connectivity index (χ1v) is 12.9. The van der Waals surface area contributed by atoms with Crippen molar-refractivity contribution < 1.29 is 8.42 Å². The molecule has 0 aliphatic carbocycles. The molecule has 2 aromatic carbocycles. The minimum Gasteiger partial charge on any atom is -0.372 e. The Balaban J connectivity index is 0.00000363. The molecule has 0 amide bonds. The van der Waals surface area contributed by atoms with E-state index in [9.17, 15) is 8.42 Å². The maximum Gasteiger partial charge on any atom is 0.191 e. The monoisotopic (exact) mass is 570 g/mol. The van der Waals surface area contributed by atoms with Crippen molar-refractivity contribution in [3.63, 3.8) is 0 Å². The molecule has 1 unspecified atom stereocenters. The molecule has 1 saturated heterocycles. The molecule has 0 bridgehead atoms. The highest BCUT2D eigenvalue weighted by Gasteiger charge is 2.15. The molecule has 0 spiro atoms. The van der Waals surface area contributed by atoms with E-state index in [0.717, 1.165) is 18.7 Å². The standard InChI is InChI=1S/C24H34N4O2S.HI/c1-20(22-12-8-13-23(18-22)28-15-6-7-16-28)27-24(25-2)26-14-9-17-31(29,30)19-21-10-4-3-5-11-21;/h3-5,8,10-13,18,20H,6-7,9,14-17,19H2,1-2H3,(H2,25,26,27);1H. The van der Waals surface area contributed by atoms with Gasteiger partial charge < -0.3 is 15.5 Å². The van der Waals surface area contributed by atoms with E-state index in [1.54, 1.807) is 7.05 Å². The maximum atomic E-state index is 12.3. The summed E-state index contributed by atoms with van der Waals surface area (Å²) < 4.78 is 24.7. The Morgan fingerprint density at radius 3 is 2.50 bits per heavy atom. The maximum absolute atomic E-state index is 12.3. The summed E-state index contributed by atoms with van der Waals surface area (Å²) in [5, 5.41) is 6.65. The van der Waals surface area contributed by atoms with Gasteiger partial charge in [0.1, 0.15) is 0 Å². The van der Waals surface area contributed by atoms with Crippen molar-refractivity contribution in [3.05, 3.63) is 65.7 Å². The molecule has 1 aliphatic heterocycles. The normalized spacial score (nSPS) is 15.2. The van der Waals surface area contributed by atoms with Crippen LogP contribution in [0.1, 0.15) is 43.4 Å². The molecular weight excluding hydrogens is 535 g/mol. The Bertz CT molecular complexity index is 961. The van der Waals surface area contributed by atoms with E-state index in [4.69, 9.17) is 0 Å². The average molecular weight is 571 g/mol. The van der Waals surface area contributed by atoms with Crippen molar-refractivity contribution in [1.29, 1.82) is 0 Å². The molecule has 6 nitrogen and oxygen atoms in total. The zero-order chi connectivity index (χ0) is 22.1. The van der Waals surface area contributed by atoms with Crippen molar-refractivity contribution in [2.45, 2.75) is 38.0 Å². The Morgan fingerprint density at radius 2 is 1.81 bits per heavy atom. The van der Waals surface area contributed by atoms with E-state index in [1.807, 2.05) is 30.3 Å². The second-order valence-corrected chi connectivity index (χ2v) is 10.3. The summed E-state index contributed by atoms with van der Waals surface area (Å²) in [6.45, 7) is 4.91. The summed E-state index contributed by atoms with van der Waals surface area (Å²) in [6, 6.07) is 18.1. The van der Waals surface area contributed by atoms with Crippen molar-refractivity contribution >= 4 is 45.5 Å². The minimum absolute atomic E-state index is 0. The third-order valence-electron chi connectivity index (χ3n) is 5.57. The molecule has 2 N–H and O–H groups in total. The molecule has 0 saturated carbocycles. The molecular formula is C24H35IN4O2S. The van der Waals surface area contributed by atoms with Gasteiger partial charge in [-0.15, -0.1) is 24.0 Å². The van der Waals surface area contributed by atoms with E-state index in [0.29, 0.717) is 18.9 Å². The quantitative estimate of drug-likeness (QED) is 0.205. The van der Waals surface area contributed by atoms with Crippen LogP contribution in [0.4, 0.5) is 5.69 Å². The van der Waals surface area contributed by atoms with Crippen LogP contribution in [0.25, 0.3) is 0 Å². The summed E-state index contributed by atoms with van der Waals surface area (Å²) in [7, 11) is -1.39. The lowest BCUT2D eigenvalue weighted by molar-refractivity contribution is 0.591. The predicted octanol–water partition coefficient (Wildman–Crippen LogP) is 4.14. The van der Waals surface area contributed by atoms with Crippen molar-refractivity contribution in [2.24, 2.45) is 4.99 Å². The lowest BCUT2D eigenvalue weighted by Crippen LogP contribution is -2.39. The van der Waals surface area contributed by atoms with Crippen LogP contribution in [-0.4, -0.2) is 46.8 Å². The average Bonchev–Trinajstić information content (AvgIpc) is 3.31. The van der Waals surface area contributed by atoms with Gasteiger partial charge in [-0.1, -0.05) is 42.5 Å². The van der Waals surface area contributed by atoms with Gasteiger partial charge in [0.25, 0.3) is 0 Å². The van der Waals surface area contributed by atoms with Crippen LogP contribution in [0.5, 0.6) is 0 Å². The molecule has 0 aromatic heterocycles. The fourth-order valence-corrected chi connectivity index (χ4v) is 5.28. The number of guanidine groups is 1. The van der Waals surface area contributed by atoms with E-state index >= 15 is 0 Å². The highest BCUT2D eigenvalue weighted by molar-refractivity contribution is 14.0. The van der Waals surface area contributed by atoms with Gasteiger partial charge in [0, 0.05) is 32.4 Å². The molecule has 176 valence electrons. The highest BCUT2D eigenvalue weighted by Crippen LogP contribution is 2.23. The summed E-state index contributed by atoms with van der Waals surface area (Å²) in [5.41, 5.74) is 3.31. The van der Waals surface area contributed by atoms with Crippen molar-refractivity contribution in [3.8, 4) is 0 Å². The first kappa shape index (κ1) is 26.4. The van der Waals surface area contributed by atoms with Crippen molar-refractivity contribution in [1.82, 2.24) is 10.6 Å². The van der Waals surface area contributed by atoms with Crippen LogP contribution in [0.2, 0.25) is 0 Å². The van der Waals surface area contributed by atoms with Gasteiger partial charge in [-0.3, -0.25) is 4.99 Å². The molecule has 8 heteroatoms. The topological polar surface area (TPSA) is 73.8 Å². The largest absolute Gasteiger partial charge is 0.372 e. The summed E-state index contributed by atoms with van der Waals surface area (Å²) >= 11 is 0. The zero-order valence-electron chi connectivity index (χ0n) is 19.0. The minimum atomic E-state index is -3.12. The van der Waals surface area contributed by atoms with Crippen LogP contribution in [0, 0.1) is 0 Å². The molecule has 3 rings (SSSR count). The van der Waals surface area contributed by atoms with Crippen LogP contribution < -0.4 is 15.5 Å². The van der Waals surface area contributed by atoms with Crippen LogP contribution in [0.3, 0.4) is 0 Å². The molecule has 1 heterocycles. The summed E-state index contributed by atoms with van der Waals surface area (Å²) in [6.07, 6.45) is 3.06. The number of hydrogen-bond donors (Lipinski definition) is 2. The number of anilines is 1. The number of benzene rings is 2. The second-order valence-electron chi connectivity index (χ2n) is 8.09. The van der Waals surface area contributed by atoms with Gasteiger partial charge >= 0.3 is 0 Å². The van der Waals surface area contributed by atoms with E-state index in [2.05, 4.69) is 51.7 Å². The third-order valence-corrected chi connectivity index (χ3v) is 7.26. The number of hydrogen-bond acceptors (Lipinski definition) is 4. The highest BCUT2D eigenvalue weighted by atomic mass is 127. The van der Waals surface area contributed by atoms with Gasteiger partial charge in [-0.05, 0) is 49.4 Å². The van der Waals surface area contributed by atoms with Gasteiger partial charge in [0.15, 0.2) is 15.8 Å².